The van der Waals surface area contributed by atoms with Crippen molar-refractivity contribution in [3.8, 4) is 5.75 Å². The molecule has 3 aromatic carbocycles. The summed E-state index contributed by atoms with van der Waals surface area (Å²) in [6.07, 6.45) is 1.10. The van der Waals surface area contributed by atoms with Crippen LogP contribution in [0.5, 0.6) is 5.75 Å². The van der Waals surface area contributed by atoms with Gasteiger partial charge in [-0.3, -0.25) is 9.10 Å². The minimum absolute atomic E-state index is 0.397. The van der Waals surface area contributed by atoms with Gasteiger partial charge in [-0.2, -0.15) is 0 Å². The lowest BCUT2D eigenvalue weighted by molar-refractivity contribution is -0.122. The van der Waals surface area contributed by atoms with Crippen LogP contribution in [0.15, 0.2) is 78.9 Å². The maximum absolute atomic E-state index is 13.4. The maximum atomic E-state index is 13.4. The second-order valence-electron chi connectivity index (χ2n) is 7.87. The van der Waals surface area contributed by atoms with E-state index in [4.69, 9.17) is 4.74 Å². The number of hydrogen-bond acceptors (Lipinski definition) is 4. The smallest absolute Gasteiger partial charge is 0.244 e. The topological polar surface area (TPSA) is 75.7 Å². The van der Waals surface area contributed by atoms with E-state index in [9.17, 15) is 13.2 Å². The van der Waals surface area contributed by atoms with Gasteiger partial charge < -0.3 is 10.1 Å². The molecular formula is C26H30N2O4S. The minimum Gasteiger partial charge on any atom is -0.494 e. The number of ether oxygens (including phenoxy) is 1. The largest absolute Gasteiger partial charge is 0.494 e. The van der Waals surface area contributed by atoms with E-state index in [0.29, 0.717) is 18.0 Å². The Morgan fingerprint density at radius 2 is 1.58 bits per heavy atom. The molecule has 33 heavy (non-hydrogen) atoms. The highest BCUT2D eigenvalue weighted by Gasteiger charge is 2.31. The molecule has 7 heteroatoms. The van der Waals surface area contributed by atoms with Crippen LogP contribution in [0, 0.1) is 6.92 Å². The highest BCUT2D eigenvalue weighted by atomic mass is 32.2. The van der Waals surface area contributed by atoms with E-state index in [2.05, 4.69) is 5.32 Å². The number of anilines is 1. The molecule has 0 bridgehead atoms. The van der Waals surface area contributed by atoms with Crippen LogP contribution >= 0.6 is 0 Å². The Balaban J connectivity index is 1.94. The third kappa shape index (κ3) is 5.93. The standard InChI is InChI=1S/C26H30N2O4S/c1-5-32-23-17-15-22(16-18-23)28(33(4,30)31)20(3)26(29)27-25(21-12-7-6-8-13-21)24-14-10-9-11-19(24)2/h6-18,20,25H,5H2,1-4H3,(H,27,29)/t20-,25+/m1/s1. The van der Waals surface area contributed by atoms with Crippen molar-refractivity contribution >= 4 is 21.6 Å². The van der Waals surface area contributed by atoms with Gasteiger partial charge in [0.1, 0.15) is 11.8 Å². The van der Waals surface area contributed by atoms with E-state index >= 15 is 0 Å². The van der Waals surface area contributed by atoms with Crippen molar-refractivity contribution in [3.05, 3.63) is 95.6 Å². The molecule has 0 spiro atoms. The van der Waals surface area contributed by atoms with Gasteiger partial charge in [0, 0.05) is 0 Å². The number of carbonyl (C=O) groups is 1. The van der Waals surface area contributed by atoms with Crippen molar-refractivity contribution in [1.29, 1.82) is 0 Å². The average Bonchev–Trinajstić information content (AvgIpc) is 2.79. The van der Waals surface area contributed by atoms with Gasteiger partial charge in [-0.15, -0.1) is 0 Å². The Labute approximate surface area is 196 Å². The lowest BCUT2D eigenvalue weighted by atomic mass is 9.94. The Kier molecular flexibility index (Phi) is 7.76. The van der Waals surface area contributed by atoms with Gasteiger partial charge in [-0.25, -0.2) is 8.42 Å². The van der Waals surface area contributed by atoms with Gasteiger partial charge in [0.2, 0.25) is 15.9 Å². The van der Waals surface area contributed by atoms with Crippen molar-refractivity contribution in [2.75, 3.05) is 17.2 Å². The van der Waals surface area contributed by atoms with E-state index in [0.717, 1.165) is 27.3 Å². The third-order valence-electron chi connectivity index (χ3n) is 5.41. The van der Waals surface area contributed by atoms with Gasteiger partial charge in [0.05, 0.1) is 24.6 Å². The molecule has 3 rings (SSSR count). The summed E-state index contributed by atoms with van der Waals surface area (Å²) >= 11 is 0. The number of rotatable bonds is 9. The van der Waals surface area contributed by atoms with E-state index in [1.54, 1.807) is 31.2 Å². The summed E-state index contributed by atoms with van der Waals surface area (Å²) in [4.78, 5) is 13.4. The van der Waals surface area contributed by atoms with Crippen molar-refractivity contribution in [1.82, 2.24) is 5.32 Å². The Hall–Kier alpha value is -3.32. The molecule has 3 aromatic rings. The van der Waals surface area contributed by atoms with Crippen molar-refractivity contribution < 1.29 is 17.9 Å². The summed E-state index contributed by atoms with van der Waals surface area (Å²) in [6, 6.07) is 22.8. The molecule has 174 valence electrons. The van der Waals surface area contributed by atoms with Crippen LogP contribution in [0.25, 0.3) is 0 Å². The second-order valence-corrected chi connectivity index (χ2v) is 9.73. The normalized spacial score (nSPS) is 13.1. The van der Waals surface area contributed by atoms with E-state index in [-0.39, 0.29) is 0 Å². The molecule has 2 atom stereocenters. The molecule has 0 heterocycles. The van der Waals surface area contributed by atoms with E-state index in [1.807, 2.05) is 68.4 Å². The van der Waals surface area contributed by atoms with Gasteiger partial charge in [-0.05, 0) is 61.7 Å². The van der Waals surface area contributed by atoms with Crippen molar-refractivity contribution in [3.63, 3.8) is 0 Å². The van der Waals surface area contributed by atoms with Crippen LogP contribution in [0.1, 0.15) is 36.6 Å². The van der Waals surface area contributed by atoms with Crippen LogP contribution in [-0.2, 0) is 14.8 Å². The number of amides is 1. The molecule has 6 nitrogen and oxygen atoms in total. The van der Waals surface area contributed by atoms with E-state index < -0.39 is 28.0 Å². The molecule has 0 unspecified atom stereocenters. The van der Waals surface area contributed by atoms with Gasteiger partial charge >= 0.3 is 0 Å². The van der Waals surface area contributed by atoms with Crippen LogP contribution < -0.4 is 14.4 Å². The first-order valence-electron chi connectivity index (χ1n) is 10.9. The molecule has 0 aliphatic rings. The zero-order valence-corrected chi connectivity index (χ0v) is 20.2. The summed E-state index contributed by atoms with van der Waals surface area (Å²) in [6.45, 7) is 5.96. The molecule has 1 N–H and O–H groups in total. The third-order valence-corrected chi connectivity index (χ3v) is 6.65. The van der Waals surface area contributed by atoms with E-state index in [1.165, 1.54) is 0 Å². The number of aryl methyl sites for hydroxylation is 1. The number of nitrogens with zero attached hydrogens (tertiary/aromatic N) is 1. The van der Waals surface area contributed by atoms with Crippen molar-refractivity contribution in [2.24, 2.45) is 0 Å². The molecular weight excluding hydrogens is 436 g/mol. The first-order valence-corrected chi connectivity index (χ1v) is 12.7. The Bertz CT molecular complexity index is 1180. The molecule has 0 radical (unpaired) electrons. The fourth-order valence-corrected chi connectivity index (χ4v) is 5.00. The van der Waals surface area contributed by atoms with Gasteiger partial charge in [-0.1, -0.05) is 54.6 Å². The Morgan fingerprint density at radius 3 is 2.15 bits per heavy atom. The molecule has 0 aliphatic heterocycles. The van der Waals surface area contributed by atoms with Crippen molar-refractivity contribution in [2.45, 2.75) is 32.9 Å². The summed E-state index contributed by atoms with van der Waals surface area (Å²) in [5, 5.41) is 3.07. The number of hydrogen-bond donors (Lipinski definition) is 1. The maximum Gasteiger partial charge on any atom is 0.244 e. The minimum atomic E-state index is -3.73. The van der Waals surface area contributed by atoms with Gasteiger partial charge in [0.15, 0.2) is 0 Å². The summed E-state index contributed by atoms with van der Waals surface area (Å²) < 4.78 is 32.0. The number of benzene rings is 3. The zero-order chi connectivity index (χ0) is 24.0. The van der Waals surface area contributed by atoms with Crippen LogP contribution in [0.2, 0.25) is 0 Å². The predicted octanol–water partition coefficient (Wildman–Crippen LogP) is 4.45. The first kappa shape index (κ1) is 24.3. The second kappa shape index (κ2) is 10.5. The fourth-order valence-electron chi connectivity index (χ4n) is 3.82. The SMILES string of the molecule is CCOc1ccc(N([C@H](C)C(=O)N[C@@H](c2ccccc2)c2ccccc2C)S(C)(=O)=O)cc1. The molecule has 0 saturated carbocycles. The average molecular weight is 467 g/mol. The number of sulfonamides is 1. The highest BCUT2D eigenvalue weighted by Crippen LogP contribution is 2.27. The van der Waals surface area contributed by atoms with Crippen LogP contribution in [-0.4, -0.2) is 33.2 Å². The van der Waals surface area contributed by atoms with Crippen LogP contribution in [0.3, 0.4) is 0 Å². The summed E-state index contributed by atoms with van der Waals surface area (Å²) in [7, 11) is -3.73. The molecule has 0 aliphatic carbocycles. The Morgan fingerprint density at radius 1 is 0.970 bits per heavy atom. The van der Waals surface area contributed by atoms with Gasteiger partial charge in [0.25, 0.3) is 0 Å². The highest BCUT2D eigenvalue weighted by molar-refractivity contribution is 7.92. The lowest BCUT2D eigenvalue weighted by Crippen LogP contribution is -2.48. The number of nitrogens with one attached hydrogen (secondary N) is 1. The monoisotopic (exact) mass is 466 g/mol. The quantitative estimate of drug-likeness (QED) is 0.505. The summed E-state index contributed by atoms with van der Waals surface area (Å²) in [5.74, 6) is 0.238. The first-order chi connectivity index (χ1) is 15.7. The molecule has 0 aromatic heterocycles. The van der Waals surface area contributed by atoms with Crippen LogP contribution in [0.4, 0.5) is 5.69 Å². The fraction of sp³-hybridized carbons (Fsp3) is 0.269. The molecule has 1 amide bonds. The predicted molar refractivity (Wildman–Crippen MR) is 132 cm³/mol. The number of carbonyl (C=O) groups excluding carboxylic acids is 1. The summed E-state index contributed by atoms with van der Waals surface area (Å²) in [5.41, 5.74) is 3.30. The molecule has 0 saturated heterocycles. The zero-order valence-electron chi connectivity index (χ0n) is 19.4. The molecule has 0 fully saturated rings. The lowest BCUT2D eigenvalue weighted by Gasteiger charge is -2.30.